The highest BCUT2D eigenvalue weighted by Gasteiger charge is 2.19. The summed E-state index contributed by atoms with van der Waals surface area (Å²) in [6.45, 7) is 10.1. The number of pyridine rings is 1. The lowest BCUT2D eigenvalue weighted by Gasteiger charge is -2.28. The second-order valence-corrected chi connectivity index (χ2v) is 11.2. The molecule has 1 aliphatic heterocycles. The van der Waals surface area contributed by atoms with Crippen molar-refractivity contribution in [1.82, 2.24) is 14.8 Å². The van der Waals surface area contributed by atoms with Crippen LogP contribution in [0.3, 0.4) is 0 Å². The van der Waals surface area contributed by atoms with Gasteiger partial charge in [-0.1, -0.05) is 30.0 Å². The second-order valence-electron chi connectivity index (χ2n) is 10.3. The molecule has 0 aliphatic carbocycles. The van der Waals surface area contributed by atoms with Crippen molar-refractivity contribution < 1.29 is 23.9 Å². The SMILES string of the molecule is CS/C(N)=N\C(=O)N(CCCN1CCOCC1)Cc1ccc(C(=O)Nc2ccccc2NC(=O)OC(C)(C)C)nc1. The number of rotatable bonds is 9. The lowest BCUT2D eigenvalue weighted by Crippen LogP contribution is -2.38. The van der Waals surface area contributed by atoms with Crippen molar-refractivity contribution in [3.63, 3.8) is 0 Å². The monoisotopic (exact) mass is 585 g/mol. The van der Waals surface area contributed by atoms with E-state index < -0.39 is 23.6 Å². The third kappa shape index (κ3) is 11.0. The van der Waals surface area contributed by atoms with E-state index in [1.54, 1.807) is 74.5 Å². The molecule has 1 saturated heterocycles. The number of urea groups is 1. The van der Waals surface area contributed by atoms with Gasteiger partial charge in [0.05, 0.1) is 24.6 Å². The van der Waals surface area contributed by atoms with Gasteiger partial charge in [0.15, 0.2) is 5.17 Å². The molecule has 222 valence electrons. The number of ether oxygens (including phenoxy) is 2. The first-order valence-corrected chi connectivity index (χ1v) is 14.6. The molecule has 1 aromatic carbocycles. The molecule has 0 atom stereocenters. The number of benzene rings is 1. The summed E-state index contributed by atoms with van der Waals surface area (Å²) in [6.07, 6.45) is 3.46. The molecular formula is C28H39N7O5S. The van der Waals surface area contributed by atoms with Crippen LogP contribution in [0.15, 0.2) is 47.6 Å². The van der Waals surface area contributed by atoms with Crippen LogP contribution in [0.25, 0.3) is 0 Å². The lowest BCUT2D eigenvalue weighted by molar-refractivity contribution is 0.0365. The molecule has 0 radical (unpaired) electrons. The Kier molecular flexibility index (Phi) is 11.9. The fraction of sp³-hybridized carbons (Fsp3) is 0.464. The average molecular weight is 586 g/mol. The molecule has 1 aromatic heterocycles. The molecule has 1 fully saturated rings. The summed E-state index contributed by atoms with van der Waals surface area (Å²) in [6, 6.07) is 9.72. The molecule has 4 amide bonds. The van der Waals surface area contributed by atoms with Gasteiger partial charge in [0, 0.05) is 38.9 Å². The number of amides is 4. The molecule has 4 N–H and O–H groups in total. The smallest absolute Gasteiger partial charge is 0.412 e. The van der Waals surface area contributed by atoms with E-state index in [1.807, 2.05) is 0 Å². The van der Waals surface area contributed by atoms with Gasteiger partial charge < -0.3 is 25.4 Å². The van der Waals surface area contributed by atoms with Gasteiger partial charge in [-0.05, 0) is 57.2 Å². The molecule has 1 aliphatic rings. The number of nitrogens with two attached hydrogens (primary N) is 1. The van der Waals surface area contributed by atoms with Gasteiger partial charge in [-0.25, -0.2) is 9.59 Å². The first-order chi connectivity index (χ1) is 19.5. The minimum atomic E-state index is -0.662. The normalized spacial score (nSPS) is 14.3. The van der Waals surface area contributed by atoms with Crippen LogP contribution in [0.5, 0.6) is 0 Å². The van der Waals surface area contributed by atoms with Crippen molar-refractivity contribution in [3.8, 4) is 0 Å². The van der Waals surface area contributed by atoms with E-state index in [0.717, 1.165) is 31.6 Å². The molecule has 12 nitrogen and oxygen atoms in total. The minimum Gasteiger partial charge on any atom is -0.444 e. The Bertz CT molecular complexity index is 1210. The van der Waals surface area contributed by atoms with E-state index in [2.05, 4.69) is 25.5 Å². The zero-order chi connectivity index (χ0) is 29.8. The Morgan fingerprint density at radius 1 is 1.12 bits per heavy atom. The number of aliphatic imine (C=N–C) groups is 1. The largest absolute Gasteiger partial charge is 0.444 e. The molecule has 0 spiro atoms. The van der Waals surface area contributed by atoms with Crippen LogP contribution in [0.1, 0.15) is 43.2 Å². The van der Waals surface area contributed by atoms with Crippen LogP contribution in [0.4, 0.5) is 21.0 Å². The number of para-hydroxylation sites is 2. The summed E-state index contributed by atoms with van der Waals surface area (Å²) in [5, 5.41) is 5.63. The van der Waals surface area contributed by atoms with Gasteiger partial charge in [-0.3, -0.25) is 20.0 Å². The highest BCUT2D eigenvalue weighted by Crippen LogP contribution is 2.23. The Labute approximate surface area is 245 Å². The summed E-state index contributed by atoms with van der Waals surface area (Å²) in [5.74, 6) is -0.453. The molecule has 13 heteroatoms. The van der Waals surface area contributed by atoms with E-state index in [0.29, 0.717) is 31.1 Å². The van der Waals surface area contributed by atoms with Crippen LogP contribution >= 0.6 is 11.8 Å². The van der Waals surface area contributed by atoms with E-state index in [-0.39, 0.29) is 17.4 Å². The predicted molar refractivity (Wildman–Crippen MR) is 161 cm³/mol. The number of nitrogens with zero attached hydrogens (tertiary/aromatic N) is 4. The quantitative estimate of drug-likeness (QED) is 0.293. The number of morpholine rings is 1. The number of carbonyl (C=O) groups is 3. The van der Waals surface area contributed by atoms with Crippen LogP contribution < -0.4 is 16.4 Å². The number of thioether (sulfide) groups is 1. The van der Waals surface area contributed by atoms with Crippen molar-refractivity contribution >= 4 is 46.3 Å². The Balaban J connectivity index is 1.64. The van der Waals surface area contributed by atoms with Gasteiger partial charge in [0.2, 0.25) is 0 Å². The number of nitrogens with one attached hydrogen (secondary N) is 2. The first-order valence-electron chi connectivity index (χ1n) is 13.4. The van der Waals surface area contributed by atoms with Gasteiger partial charge in [-0.15, -0.1) is 0 Å². The summed E-state index contributed by atoms with van der Waals surface area (Å²) in [5.41, 5.74) is 6.83. The highest BCUT2D eigenvalue weighted by molar-refractivity contribution is 8.13. The molecule has 3 rings (SSSR count). The summed E-state index contributed by atoms with van der Waals surface area (Å²) in [7, 11) is 0. The maximum Gasteiger partial charge on any atom is 0.412 e. The summed E-state index contributed by atoms with van der Waals surface area (Å²) >= 11 is 1.21. The van der Waals surface area contributed by atoms with Crippen molar-refractivity contribution in [3.05, 3.63) is 53.9 Å². The lowest BCUT2D eigenvalue weighted by atomic mass is 10.2. The maximum absolute atomic E-state index is 12.9. The zero-order valence-corrected chi connectivity index (χ0v) is 24.8. The molecule has 41 heavy (non-hydrogen) atoms. The van der Waals surface area contributed by atoms with Gasteiger partial charge in [0.25, 0.3) is 5.91 Å². The standard InChI is InChI=1S/C28H39N7O5S/c1-28(2,3)40-27(38)32-22-9-6-5-8-21(22)31-24(36)23-11-10-20(18-30-23)19-35(26(37)33-25(29)41-4)13-7-12-34-14-16-39-17-15-34/h5-6,8-11,18H,7,12-17,19H2,1-4H3,(H,31,36)(H,32,38)(H2,29,33,37). The molecule has 2 heterocycles. The maximum atomic E-state index is 12.9. The number of hydrogen-bond acceptors (Lipinski definition) is 8. The van der Waals surface area contributed by atoms with Crippen LogP contribution in [0, 0.1) is 0 Å². The van der Waals surface area contributed by atoms with Crippen molar-refractivity contribution in [2.75, 3.05) is 56.3 Å². The van der Waals surface area contributed by atoms with Crippen molar-refractivity contribution in [2.45, 2.75) is 39.3 Å². The minimum absolute atomic E-state index is 0.177. The topological polar surface area (TPSA) is 151 Å². The Hall–Kier alpha value is -3.68. The van der Waals surface area contributed by atoms with Gasteiger partial charge >= 0.3 is 12.1 Å². The fourth-order valence-corrected chi connectivity index (χ4v) is 4.11. The number of carbonyl (C=O) groups excluding carboxylic acids is 3. The Morgan fingerprint density at radius 3 is 2.41 bits per heavy atom. The van der Waals surface area contributed by atoms with E-state index in [4.69, 9.17) is 15.2 Å². The van der Waals surface area contributed by atoms with Crippen molar-refractivity contribution in [1.29, 1.82) is 0 Å². The molecule has 0 unspecified atom stereocenters. The van der Waals surface area contributed by atoms with E-state index in [9.17, 15) is 14.4 Å². The number of amidine groups is 1. The second kappa shape index (κ2) is 15.4. The summed E-state index contributed by atoms with van der Waals surface area (Å²) < 4.78 is 10.7. The summed E-state index contributed by atoms with van der Waals surface area (Å²) in [4.78, 5) is 50.2. The van der Waals surface area contributed by atoms with Gasteiger partial charge in [-0.2, -0.15) is 4.99 Å². The third-order valence-corrected chi connectivity index (χ3v) is 6.44. The number of hydrogen-bond donors (Lipinski definition) is 3. The predicted octanol–water partition coefficient (Wildman–Crippen LogP) is 4.00. The number of aromatic nitrogens is 1. The molecular weight excluding hydrogens is 546 g/mol. The van der Waals surface area contributed by atoms with Gasteiger partial charge in [0.1, 0.15) is 11.3 Å². The third-order valence-electron chi connectivity index (χ3n) is 5.93. The van der Waals surface area contributed by atoms with Crippen molar-refractivity contribution in [2.24, 2.45) is 10.7 Å². The molecule has 0 bridgehead atoms. The molecule has 0 saturated carbocycles. The Morgan fingerprint density at radius 2 is 1.80 bits per heavy atom. The zero-order valence-electron chi connectivity index (χ0n) is 24.0. The number of anilines is 2. The molecule has 2 aromatic rings. The van der Waals surface area contributed by atoms with Crippen LogP contribution in [-0.2, 0) is 16.0 Å². The fourth-order valence-electron chi connectivity index (χ4n) is 3.94. The highest BCUT2D eigenvalue weighted by atomic mass is 32.2. The van der Waals surface area contributed by atoms with Crippen LogP contribution in [0.2, 0.25) is 0 Å². The van der Waals surface area contributed by atoms with E-state index >= 15 is 0 Å². The van der Waals surface area contributed by atoms with Crippen LogP contribution in [-0.4, -0.2) is 89.2 Å². The average Bonchev–Trinajstić information content (AvgIpc) is 2.93. The first kappa shape index (κ1) is 31.8. The van der Waals surface area contributed by atoms with E-state index in [1.165, 1.54) is 11.8 Å².